The van der Waals surface area contributed by atoms with E-state index in [1.807, 2.05) is 67.6 Å². The van der Waals surface area contributed by atoms with Crippen LogP contribution in [0.15, 0.2) is 72.8 Å². The summed E-state index contributed by atoms with van der Waals surface area (Å²) >= 11 is 6.21. The molecule has 3 aromatic rings. The second-order valence-corrected chi connectivity index (χ2v) is 13.3. The predicted molar refractivity (Wildman–Crippen MR) is 175 cm³/mol. The van der Waals surface area contributed by atoms with Gasteiger partial charge in [-0.2, -0.15) is 0 Å². The van der Waals surface area contributed by atoms with Crippen molar-refractivity contribution in [2.75, 3.05) is 35.0 Å². The number of carbonyl (C=O) groups is 1. The van der Waals surface area contributed by atoms with Crippen LogP contribution in [-0.4, -0.2) is 57.7 Å². The minimum absolute atomic E-state index is 0.00458. The first-order valence-electron chi connectivity index (χ1n) is 14.6. The number of anilines is 2. The molecule has 1 aliphatic heterocycles. The van der Waals surface area contributed by atoms with Crippen LogP contribution in [0.5, 0.6) is 0 Å². The summed E-state index contributed by atoms with van der Waals surface area (Å²) in [6.07, 6.45) is 1.96. The normalized spacial score (nSPS) is 17.6. The van der Waals surface area contributed by atoms with Crippen LogP contribution in [-0.2, 0) is 6.42 Å². The van der Waals surface area contributed by atoms with Gasteiger partial charge in [-0.05, 0) is 74.1 Å². The highest BCUT2D eigenvalue weighted by molar-refractivity contribution is 8.25. The maximum absolute atomic E-state index is 13.7. The Balaban J connectivity index is 1.56. The number of nitrogens with one attached hydrogen (secondary N) is 3. The van der Waals surface area contributed by atoms with Gasteiger partial charge in [0.25, 0.3) is 5.91 Å². The number of halogens is 1. The van der Waals surface area contributed by atoms with Gasteiger partial charge in [0, 0.05) is 41.9 Å². The molecule has 1 aliphatic rings. The molecule has 42 heavy (non-hydrogen) atoms. The average molecular weight is 615 g/mol. The number of aliphatic hydroxyl groups is 1. The number of nitrogens with zero attached hydrogens (tertiary/aromatic N) is 1. The zero-order valence-electron chi connectivity index (χ0n) is 24.3. The standard InChI is InChI=1S/C32H43ClN4O4S/c1-3-29(24-13-10-14-26(33)18-24)35-22-31(38)30(17-23-11-6-5-7-12-23)36-32(39)25-19-27(34-4-2)21-28(20-25)37-15-8-9-16-42(37,40)41/h5-7,10-14,18-21,29-31,34-35,38,40-41H,3-4,8-9,15-17,22H2,1-2H3,(H,36,39)/t29?,30-,31+/m0/s1. The molecular weight excluding hydrogens is 572 g/mol. The van der Waals surface area contributed by atoms with Crippen molar-refractivity contribution in [1.29, 1.82) is 0 Å². The molecule has 1 saturated heterocycles. The molecule has 1 heterocycles. The third kappa shape index (κ3) is 8.63. The van der Waals surface area contributed by atoms with Crippen molar-refractivity contribution >= 4 is 39.7 Å². The second-order valence-electron chi connectivity index (χ2n) is 10.7. The molecule has 6 N–H and O–H groups in total. The molecule has 3 aromatic carbocycles. The molecule has 1 unspecified atom stereocenters. The number of carbonyl (C=O) groups excluding carboxylic acids is 1. The summed E-state index contributed by atoms with van der Waals surface area (Å²) in [5.74, 6) is -0.0296. The molecular formula is C32H43ClN4O4S. The van der Waals surface area contributed by atoms with Gasteiger partial charge in [-0.3, -0.25) is 18.2 Å². The van der Waals surface area contributed by atoms with Gasteiger partial charge in [0.1, 0.15) is 0 Å². The van der Waals surface area contributed by atoms with Crippen molar-refractivity contribution in [2.45, 2.75) is 57.7 Å². The summed E-state index contributed by atoms with van der Waals surface area (Å²) in [6, 6.07) is 22.2. The predicted octanol–water partition coefficient (Wildman–Crippen LogP) is 6.48. The maximum atomic E-state index is 13.7. The zero-order valence-corrected chi connectivity index (χ0v) is 25.9. The highest BCUT2D eigenvalue weighted by Crippen LogP contribution is 2.50. The topological polar surface area (TPSA) is 117 Å². The van der Waals surface area contributed by atoms with Crippen LogP contribution < -0.4 is 20.3 Å². The average Bonchev–Trinajstić information content (AvgIpc) is 2.97. The summed E-state index contributed by atoms with van der Waals surface area (Å²) in [7, 11) is -2.95. The Labute approximate surface area is 256 Å². The fraction of sp³-hybridized carbons (Fsp3) is 0.406. The summed E-state index contributed by atoms with van der Waals surface area (Å²) in [5, 5.41) is 21.8. The Hall–Kier alpha value is -2.79. The molecule has 0 radical (unpaired) electrons. The van der Waals surface area contributed by atoms with Crippen molar-refractivity contribution < 1.29 is 19.0 Å². The highest BCUT2D eigenvalue weighted by Gasteiger charge is 2.29. The molecule has 0 spiro atoms. The highest BCUT2D eigenvalue weighted by atomic mass is 35.5. The monoisotopic (exact) mass is 614 g/mol. The molecule has 8 nitrogen and oxygen atoms in total. The van der Waals surface area contributed by atoms with Crippen LogP contribution >= 0.6 is 22.4 Å². The molecule has 0 aliphatic carbocycles. The summed E-state index contributed by atoms with van der Waals surface area (Å²) in [6.45, 7) is 5.45. The third-order valence-electron chi connectivity index (χ3n) is 7.54. The first-order chi connectivity index (χ1) is 20.2. The SMILES string of the molecule is CCNc1cc(C(=O)N[C@@H](Cc2ccccc2)[C@H](O)CNC(CC)c2cccc(Cl)c2)cc(N2CCCCS2(O)O)c1. The molecule has 228 valence electrons. The molecule has 0 saturated carbocycles. The first-order valence-corrected chi connectivity index (χ1v) is 16.7. The number of hydrogen-bond donors (Lipinski definition) is 6. The lowest BCUT2D eigenvalue weighted by atomic mass is 9.99. The molecule has 10 heteroatoms. The van der Waals surface area contributed by atoms with Crippen LogP contribution in [0.25, 0.3) is 0 Å². The van der Waals surface area contributed by atoms with Gasteiger partial charge in [-0.1, -0.05) is 61.0 Å². The molecule has 0 bridgehead atoms. The Morgan fingerprint density at radius 1 is 1.02 bits per heavy atom. The Kier molecular flexibility index (Phi) is 11.5. The third-order valence-corrected chi connectivity index (χ3v) is 9.71. The number of rotatable bonds is 13. The van der Waals surface area contributed by atoms with Crippen molar-refractivity contribution in [1.82, 2.24) is 10.6 Å². The van der Waals surface area contributed by atoms with Crippen LogP contribution in [0.4, 0.5) is 11.4 Å². The summed E-state index contributed by atoms with van der Waals surface area (Å²) < 4.78 is 23.1. The van der Waals surface area contributed by atoms with Gasteiger partial charge < -0.3 is 21.1 Å². The van der Waals surface area contributed by atoms with E-state index in [4.69, 9.17) is 11.6 Å². The lowest BCUT2D eigenvalue weighted by molar-refractivity contribution is 0.0824. The summed E-state index contributed by atoms with van der Waals surface area (Å²) in [4.78, 5) is 13.7. The molecule has 1 amide bonds. The minimum atomic E-state index is -2.95. The quantitative estimate of drug-likeness (QED) is 0.130. The minimum Gasteiger partial charge on any atom is -0.390 e. The summed E-state index contributed by atoms with van der Waals surface area (Å²) in [5.41, 5.74) is 3.72. The van der Waals surface area contributed by atoms with Crippen LogP contribution in [0, 0.1) is 0 Å². The Morgan fingerprint density at radius 2 is 1.81 bits per heavy atom. The number of amides is 1. The lowest BCUT2D eigenvalue weighted by Gasteiger charge is -2.47. The van der Waals surface area contributed by atoms with E-state index < -0.39 is 22.9 Å². The number of hydrogen-bond acceptors (Lipinski definition) is 7. The van der Waals surface area contributed by atoms with E-state index in [0.717, 1.165) is 36.1 Å². The fourth-order valence-electron chi connectivity index (χ4n) is 5.33. The number of benzene rings is 3. The fourth-order valence-corrected chi connectivity index (χ4v) is 7.20. The zero-order chi connectivity index (χ0) is 30.1. The van der Waals surface area contributed by atoms with Gasteiger partial charge in [-0.25, -0.2) is 0 Å². The molecule has 0 aromatic heterocycles. The van der Waals surface area contributed by atoms with Crippen LogP contribution in [0.1, 0.15) is 60.6 Å². The maximum Gasteiger partial charge on any atom is 0.251 e. The smallest absolute Gasteiger partial charge is 0.251 e. The van der Waals surface area contributed by atoms with Crippen molar-refractivity contribution in [3.05, 3.63) is 94.5 Å². The van der Waals surface area contributed by atoms with Crippen molar-refractivity contribution in [3.8, 4) is 0 Å². The van der Waals surface area contributed by atoms with E-state index in [0.29, 0.717) is 41.5 Å². The first kappa shape index (κ1) is 32.1. The van der Waals surface area contributed by atoms with Crippen molar-refractivity contribution in [2.24, 2.45) is 0 Å². The number of aliphatic hydroxyl groups excluding tert-OH is 1. The van der Waals surface area contributed by atoms with E-state index in [1.54, 1.807) is 16.4 Å². The van der Waals surface area contributed by atoms with E-state index in [-0.39, 0.29) is 18.5 Å². The van der Waals surface area contributed by atoms with Gasteiger partial charge in [0.05, 0.1) is 23.6 Å². The van der Waals surface area contributed by atoms with Crippen LogP contribution in [0.2, 0.25) is 5.02 Å². The molecule has 4 rings (SSSR count). The van der Waals surface area contributed by atoms with E-state index in [1.165, 1.54) is 0 Å². The van der Waals surface area contributed by atoms with Gasteiger partial charge in [0.2, 0.25) is 0 Å². The Bertz CT molecular complexity index is 1310. The van der Waals surface area contributed by atoms with E-state index >= 15 is 0 Å². The van der Waals surface area contributed by atoms with E-state index in [9.17, 15) is 19.0 Å². The molecule has 3 atom stereocenters. The van der Waals surface area contributed by atoms with Crippen molar-refractivity contribution in [3.63, 3.8) is 0 Å². The largest absolute Gasteiger partial charge is 0.390 e. The van der Waals surface area contributed by atoms with Gasteiger partial charge >= 0.3 is 0 Å². The van der Waals surface area contributed by atoms with Crippen LogP contribution in [0.3, 0.4) is 0 Å². The Morgan fingerprint density at radius 3 is 2.50 bits per heavy atom. The lowest BCUT2D eigenvalue weighted by Crippen LogP contribution is -2.49. The van der Waals surface area contributed by atoms with Gasteiger partial charge in [0.15, 0.2) is 0 Å². The second kappa shape index (κ2) is 15.1. The van der Waals surface area contributed by atoms with E-state index in [2.05, 4.69) is 22.9 Å². The molecule has 1 fully saturated rings. The van der Waals surface area contributed by atoms with Gasteiger partial charge in [-0.15, -0.1) is 10.8 Å².